The molecule has 0 radical (unpaired) electrons. The van der Waals surface area contributed by atoms with Crippen molar-refractivity contribution < 1.29 is 0 Å². The standard InChI is InChI=1S/C16H18Cl2N2S/c17-12-5-3-6-13(18)11(12)9-14(20-19)16-8-10-4-1-2-7-15(10)21-16/h3,5-6,8,14,20H,1-2,4,7,9,19H2. The molecule has 5 heteroatoms. The SMILES string of the molecule is NNC(Cc1c(Cl)cccc1Cl)c1cc2c(s1)CCCC2. The van der Waals surface area contributed by atoms with E-state index in [1.54, 1.807) is 0 Å². The highest BCUT2D eigenvalue weighted by Crippen LogP contribution is 2.35. The topological polar surface area (TPSA) is 38.0 Å². The minimum atomic E-state index is 0.0537. The first-order chi connectivity index (χ1) is 10.2. The fraction of sp³-hybridized carbons (Fsp3) is 0.375. The van der Waals surface area contributed by atoms with Crippen molar-refractivity contribution in [3.05, 3.63) is 55.2 Å². The van der Waals surface area contributed by atoms with Crippen molar-refractivity contribution in [1.82, 2.24) is 5.43 Å². The van der Waals surface area contributed by atoms with Gasteiger partial charge >= 0.3 is 0 Å². The van der Waals surface area contributed by atoms with Gasteiger partial charge in [-0.3, -0.25) is 11.3 Å². The fourth-order valence-corrected chi connectivity index (χ4v) is 4.73. The molecule has 0 bridgehead atoms. The summed E-state index contributed by atoms with van der Waals surface area (Å²) in [5.41, 5.74) is 5.37. The first-order valence-corrected chi connectivity index (χ1v) is 8.76. The maximum Gasteiger partial charge on any atom is 0.0594 e. The predicted molar refractivity (Wildman–Crippen MR) is 91.2 cm³/mol. The fourth-order valence-electron chi connectivity index (χ4n) is 2.86. The minimum Gasteiger partial charge on any atom is -0.271 e. The molecule has 112 valence electrons. The van der Waals surface area contributed by atoms with E-state index in [1.807, 2.05) is 29.5 Å². The lowest BCUT2D eigenvalue weighted by molar-refractivity contribution is 0.560. The summed E-state index contributed by atoms with van der Waals surface area (Å²) in [6.07, 6.45) is 5.68. The number of halogens is 2. The summed E-state index contributed by atoms with van der Waals surface area (Å²) in [5, 5.41) is 1.40. The first kappa shape index (κ1) is 15.3. The molecule has 1 aromatic heterocycles. The van der Waals surface area contributed by atoms with Crippen molar-refractivity contribution in [2.24, 2.45) is 5.84 Å². The molecule has 21 heavy (non-hydrogen) atoms. The molecule has 2 nitrogen and oxygen atoms in total. The van der Waals surface area contributed by atoms with Gasteiger partial charge in [-0.2, -0.15) is 0 Å². The summed E-state index contributed by atoms with van der Waals surface area (Å²) in [6, 6.07) is 7.96. The molecule has 0 fully saturated rings. The average Bonchev–Trinajstić information content (AvgIpc) is 2.90. The number of nitrogens with one attached hydrogen (secondary N) is 1. The average molecular weight is 341 g/mol. The predicted octanol–water partition coefficient (Wildman–Crippen LogP) is 4.68. The van der Waals surface area contributed by atoms with Crippen LogP contribution in [0.4, 0.5) is 0 Å². The number of hydrogen-bond acceptors (Lipinski definition) is 3. The van der Waals surface area contributed by atoms with Crippen LogP contribution in [0.15, 0.2) is 24.3 Å². The van der Waals surface area contributed by atoms with Gasteiger partial charge in [0.1, 0.15) is 0 Å². The number of benzene rings is 1. The summed E-state index contributed by atoms with van der Waals surface area (Å²) in [6.45, 7) is 0. The smallest absolute Gasteiger partial charge is 0.0594 e. The second-order valence-corrected chi connectivity index (χ2v) is 7.41. The number of rotatable bonds is 4. The molecule has 1 heterocycles. The monoisotopic (exact) mass is 340 g/mol. The van der Waals surface area contributed by atoms with Gasteiger partial charge in [0.25, 0.3) is 0 Å². The zero-order chi connectivity index (χ0) is 14.8. The molecule has 0 spiro atoms. The van der Waals surface area contributed by atoms with Gasteiger partial charge in [-0.15, -0.1) is 11.3 Å². The highest BCUT2D eigenvalue weighted by atomic mass is 35.5. The molecule has 3 N–H and O–H groups in total. The third kappa shape index (κ3) is 3.27. The normalized spacial score (nSPS) is 15.8. The highest BCUT2D eigenvalue weighted by Gasteiger charge is 2.20. The van der Waals surface area contributed by atoms with Gasteiger partial charge in [-0.05, 0) is 61.4 Å². The Morgan fingerprint density at radius 2 is 1.90 bits per heavy atom. The van der Waals surface area contributed by atoms with Crippen LogP contribution in [0.25, 0.3) is 0 Å². The first-order valence-electron chi connectivity index (χ1n) is 7.19. The van der Waals surface area contributed by atoms with Crippen LogP contribution < -0.4 is 11.3 Å². The van der Waals surface area contributed by atoms with Crippen LogP contribution >= 0.6 is 34.5 Å². The van der Waals surface area contributed by atoms with Crippen molar-refractivity contribution in [1.29, 1.82) is 0 Å². The lowest BCUT2D eigenvalue weighted by Crippen LogP contribution is -2.29. The maximum absolute atomic E-state index is 6.27. The molecule has 0 saturated heterocycles. The lowest BCUT2D eigenvalue weighted by atomic mass is 9.98. The number of thiophene rings is 1. The van der Waals surface area contributed by atoms with E-state index in [2.05, 4.69) is 11.5 Å². The van der Waals surface area contributed by atoms with Crippen LogP contribution in [0.5, 0.6) is 0 Å². The number of aryl methyl sites for hydroxylation is 2. The lowest BCUT2D eigenvalue weighted by Gasteiger charge is -2.16. The van der Waals surface area contributed by atoms with Gasteiger partial charge in [0.2, 0.25) is 0 Å². The van der Waals surface area contributed by atoms with E-state index in [-0.39, 0.29) is 6.04 Å². The Labute approximate surface area is 139 Å². The summed E-state index contributed by atoms with van der Waals surface area (Å²) in [5.74, 6) is 5.78. The van der Waals surface area contributed by atoms with Crippen LogP contribution in [0, 0.1) is 0 Å². The Balaban J connectivity index is 1.87. The van der Waals surface area contributed by atoms with Crippen LogP contribution in [0.3, 0.4) is 0 Å². The molecule has 2 aromatic rings. The van der Waals surface area contributed by atoms with Gasteiger partial charge in [0.05, 0.1) is 6.04 Å². The Morgan fingerprint density at radius 1 is 1.19 bits per heavy atom. The van der Waals surface area contributed by atoms with Crippen LogP contribution in [-0.4, -0.2) is 0 Å². The Hall–Kier alpha value is -0.580. The van der Waals surface area contributed by atoms with Crippen LogP contribution in [0.1, 0.15) is 39.8 Å². The third-order valence-corrected chi connectivity index (χ3v) is 6.09. The van der Waals surface area contributed by atoms with E-state index in [0.717, 1.165) is 5.56 Å². The quantitative estimate of drug-likeness (QED) is 0.626. The largest absolute Gasteiger partial charge is 0.271 e. The molecule has 1 unspecified atom stereocenters. The highest BCUT2D eigenvalue weighted by molar-refractivity contribution is 7.12. The van der Waals surface area contributed by atoms with Crippen molar-refractivity contribution in [3.63, 3.8) is 0 Å². The summed E-state index contributed by atoms with van der Waals surface area (Å²) in [7, 11) is 0. The van der Waals surface area contributed by atoms with Crippen molar-refractivity contribution in [3.8, 4) is 0 Å². The molecule has 0 saturated carbocycles. The summed E-state index contributed by atoms with van der Waals surface area (Å²) >= 11 is 14.4. The van der Waals surface area contributed by atoms with Crippen molar-refractivity contribution >= 4 is 34.5 Å². The van der Waals surface area contributed by atoms with E-state index in [4.69, 9.17) is 29.0 Å². The molecule has 1 aliphatic rings. The number of hydrazine groups is 1. The molecule has 1 aromatic carbocycles. The Bertz CT molecular complexity index is 595. The summed E-state index contributed by atoms with van der Waals surface area (Å²) < 4.78 is 0. The van der Waals surface area contributed by atoms with Crippen molar-refractivity contribution in [2.45, 2.75) is 38.1 Å². The molecule has 1 aliphatic carbocycles. The molecular weight excluding hydrogens is 323 g/mol. The van der Waals surface area contributed by atoms with E-state index >= 15 is 0 Å². The zero-order valence-corrected chi connectivity index (χ0v) is 14.0. The van der Waals surface area contributed by atoms with Crippen molar-refractivity contribution in [2.75, 3.05) is 0 Å². The maximum atomic E-state index is 6.27. The van der Waals surface area contributed by atoms with E-state index in [1.165, 1.54) is 41.0 Å². The van der Waals surface area contributed by atoms with Gasteiger partial charge in [-0.25, -0.2) is 0 Å². The van der Waals surface area contributed by atoms with Crippen LogP contribution in [-0.2, 0) is 19.3 Å². The minimum absolute atomic E-state index is 0.0537. The second kappa shape index (κ2) is 6.67. The third-order valence-electron chi connectivity index (χ3n) is 4.03. The molecule has 1 atom stereocenters. The number of fused-ring (bicyclic) bond motifs is 1. The number of hydrogen-bond donors (Lipinski definition) is 2. The van der Waals surface area contributed by atoms with E-state index in [0.29, 0.717) is 16.5 Å². The number of nitrogens with two attached hydrogens (primary N) is 1. The van der Waals surface area contributed by atoms with E-state index in [9.17, 15) is 0 Å². The summed E-state index contributed by atoms with van der Waals surface area (Å²) in [4.78, 5) is 2.79. The van der Waals surface area contributed by atoms with E-state index < -0.39 is 0 Å². The van der Waals surface area contributed by atoms with Gasteiger partial charge in [0.15, 0.2) is 0 Å². The molecule has 0 aliphatic heterocycles. The molecular formula is C16H18Cl2N2S. The molecule has 3 rings (SSSR count). The molecule has 0 amide bonds. The van der Waals surface area contributed by atoms with Gasteiger partial charge in [0, 0.05) is 19.8 Å². The zero-order valence-electron chi connectivity index (χ0n) is 11.7. The Kier molecular flexibility index (Phi) is 4.87. The Morgan fingerprint density at radius 3 is 2.57 bits per heavy atom. The van der Waals surface area contributed by atoms with Gasteiger partial charge < -0.3 is 0 Å². The van der Waals surface area contributed by atoms with Crippen LogP contribution in [0.2, 0.25) is 10.0 Å². The second-order valence-electron chi connectivity index (χ2n) is 5.43. The van der Waals surface area contributed by atoms with Gasteiger partial charge in [-0.1, -0.05) is 29.3 Å².